The zero-order valence-corrected chi connectivity index (χ0v) is 13.5. The van der Waals surface area contributed by atoms with Crippen LogP contribution in [0.2, 0.25) is 0 Å². The molecule has 0 unspecified atom stereocenters. The molecule has 0 atom stereocenters. The maximum Gasteiger partial charge on any atom is 0.175 e. The topological polar surface area (TPSA) is 49.6 Å². The first-order valence-corrected chi connectivity index (χ1v) is 8.23. The standard InChI is InChI=1S/C18H20N6/c1-2-5-16(6-3-1)7-4-8-22-9-11-23(12-10-22)18-14-19-13-17-20-15-21-24(17)18/h1-7,13-15H,8-12H2/b7-4+. The largest absolute Gasteiger partial charge is 0.353 e. The molecule has 0 spiro atoms. The highest BCUT2D eigenvalue weighted by atomic mass is 15.4. The monoisotopic (exact) mass is 320 g/mol. The molecule has 2 aromatic heterocycles. The molecule has 122 valence electrons. The highest BCUT2D eigenvalue weighted by Crippen LogP contribution is 2.15. The Morgan fingerprint density at radius 2 is 1.83 bits per heavy atom. The number of nitrogens with zero attached hydrogens (tertiary/aromatic N) is 6. The van der Waals surface area contributed by atoms with Gasteiger partial charge in [-0.25, -0.2) is 4.98 Å². The van der Waals surface area contributed by atoms with E-state index in [2.05, 4.69) is 61.3 Å². The normalized spacial score (nSPS) is 16.2. The highest BCUT2D eigenvalue weighted by molar-refractivity contribution is 5.49. The van der Waals surface area contributed by atoms with Crippen LogP contribution in [0.25, 0.3) is 11.7 Å². The molecule has 1 aliphatic rings. The van der Waals surface area contributed by atoms with Gasteiger partial charge in [-0.15, -0.1) is 0 Å². The average molecular weight is 320 g/mol. The summed E-state index contributed by atoms with van der Waals surface area (Å²) < 4.78 is 1.86. The van der Waals surface area contributed by atoms with Gasteiger partial charge in [0.1, 0.15) is 6.33 Å². The summed E-state index contributed by atoms with van der Waals surface area (Å²) in [5.41, 5.74) is 2.04. The van der Waals surface area contributed by atoms with Crippen molar-refractivity contribution in [2.75, 3.05) is 37.6 Å². The molecule has 1 fully saturated rings. The number of anilines is 1. The van der Waals surface area contributed by atoms with Crippen molar-refractivity contribution in [3.8, 4) is 0 Å². The number of hydrogen-bond donors (Lipinski definition) is 0. The molecule has 6 heteroatoms. The molecule has 24 heavy (non-hydrogen) atoms. The van der Waals surface area contributed by atoms with Gasteiger partial charge in [-0.1, -0.05) is 42.5 Å². The zero-order valence-electron chi connectivity index (χ0n) is 13.5. The Hall–Kier alpha value is -2.73. The van der Waals surface area contributed by atoms with Gasteiger partial charge in [0, 0.05) is 32.7 Å². The van der Waals surface area contributed by atoms with Crippen LogP contribution in [0.3, 0.4) is 0 Å². The van der Waals surface area contributed by atoms with E-state index >= 15 is 0 Å². The molecular weight excluding hydrogens is 300 g/mol. The summed E-state index contributed by atoms with van der Waals surface area (Å²) in [6, 6.07) is 10.4. The van der Waals surface area contributed by atoms with Crippen LogP contribution in [-0.2, 0) is 0 Å². The summed E-state index contributed by atoms with van der Waals surface area (Å²) in [5.74, 6) is 1.02. The number of hydrogen-bond acceptors (Lipinski definition) is 5. The zero-order chi connectivity index (χ0) is 16.2. The highest BCUT2D eigenvalue weighted by Gasteiger charge is 2.18. The molecule has 1 saturated heterocycles. The van der Waals surface area contributed by atoms with Gasteiger partial charge in [0.15, 0.2) is 11.5 Å². The van der Waals surface area contributed by atoms with Crippen molar-refractivity contribution >= 4 is 17.5 Å². The minimum atomic E-state index is 0.792. The van der Waals surface area contributed by atoms with Gasteiger partial charge in [0.05, 0.1) is 12.4 Å². The van der Waals surface area contributed by atoms with Crippen molar-refractivity contribution in [1.29, 1.82) is 0 Å². The van der Waals surface area contributed by atoms with Crippen LogP contribution < -0.4 is 4.90 Å². The van der Waals surface area contributed by atoms with E-state index in [0.717, 1.165) is 44.2 Å². The number of aromatic nitrogens is 4. The maximum absolute atomic E-state index is 4.30. The van der Waals surface area contributed by atoms with Gasteiger partial charge in [0.25, 0.3) is 0 Å². The van der Waals surface area contributed by atoms with E-state index in [1.54, 1.807) is 12.5 Å². The maximum atomic E-state index is 4.30. The number of benzene rings is 1. The first kappa shape index (κ1) is 14.8. The lowest BCUT2D eigenvalue weighted by Crippen LogP contribution is -2.47. The predicted molar refractivity (Wildman–Crippen MR) is 94.9 cm³/mol. The van der Waals surface area contributed by atoms with Gasteiger partial charge in [-0.05, 0) is 5.56 Å². The SMILES string of the molecule is C(=C\c1ccccc1)/CN1CCN(c2cncc3ncnn23)CC1. The Bertz CT molecular complexity index is 818. The molecule has 0 radical (unpaired) electrons. The number of rotatable bonds is 4. The average Bonchev–Trinajstić information content (AvgIpc) is 3.12. The second-order valence-electron chi connectivity index (χ2n) is 5.90. The summed E-state index contributed by atoms with van der Waals surface area (Å²) in [5, 5.41) is 4.30. The summed E-state index contributed by atoms with van der Waals surface area (Å²) in [6.45, 7) is 4.99. The molecule has 4 rings (SSSR count). The molecule has 6 nitrogen and oxygen atoms in total. The fourth-order valence-corrected chi connectivity index (χ4v) is 3.02. The number of piperazine rings is 1. The third-order valence-corrected chi connectivity index (χ3v) is 4.34. The lowest BCUT2D eigenvalue weighted by Gasteiger charge is -2.35. The van der Waals surface area contributed by atoms with Crippen molar-refractivity contribution in [2.45, 2.75) is 0 Å². The van der Waals surface area contributed by atoms with Gasteiger partial charge in [-0.2, -0.15) is 9.61 Å². The van der Waals surface area contributed by atoms with Crippen molar-refractivity contribution < 1.29 is 0 Å². The summed E-state index contributed by atoms with van der Waals surface area (Å²) >= 11 is 0. The number of fused-ring (bicyclic) bond motifs is 1. The molecule has 0 saturated carbocycles. The Morgan fingerprint density at radius 1 is 1.00 bits per heavy atom. The first-order chi connectivity index (χ1) is 11.9. The van der Waals surface area contributed by atoms with E-state index in [4.69, 9.17) is 0 Å². The van der Waals surface area contributed by atoms with Crippen LogP contribution in [0.4, 0.5) is 5.82 Å². The third kappa shape index (κ3) is 3.14. The van der Waals surface area contributed by atoms with Gasteiger partial charge >= 0.3 is 0 Å². The summed E-state index contributed by atoms with van der Waals surface area (Å²) in [7, 11) is 0. The first-order valence-electron chi connectivity index (χ1n) is 8.23. The smallest absolute Gasteiger partial charge is 0.175 e. The molecule has 0 amide bonds. The van der Waals surface area contributed by atoms with E-state index in [9.17, 15) is 0 Å². The minimum Gasteiger partial charge on any atom is -0.353 e. The van der Waals surface area contributed by atoms with Crippen molar-refractivity contribution in [2.24, 2.45) is 0 Å². The van der Waals surface area contributed by atoms with Gasteiger partial charge < -0.3 is 4.90 Å². The van der Waals surface area contributed by atoms with E-state index < -0.39 is 0 Å². The molecule has 1 aromatic carbocycles. The predicted octanol–water partition coefficient (Wildman–Crippen LogP) is 1.96. The van der Waals surface area contributed by atoms with E-state index in [-0.39, 0.29) is 0 Å². The lowest BCUT2D eigenvalue weighted by atomic mass is 10.2. The van der Waals surface area contributed by atoms with Gasteiger partial charge in [-0.3, -0.25) is 9.88 Å². The molecule has 0 N–H and O–H groups in total. The summed E-state index contributed by atoms with van der Waals surface area (Å²) in [4.78, 5) is 13.3. The van der Waals surface area contributed by atoms with Crippen LogP contribution in [0.5, 0.6) is 0 Å². The molecular formula is C18H20N6. The Labute approximate surface area is 141 Å². The quantitative estimate of drug-likeness (QED) is 0.735. The second kappa shape index (κ2) is 6.80. The molecule has 3 heterocycles. The van der Waals surface area contributed by atoms with E-state index in [1.807, 2.05) is 16.8 Å². The van der Waals surface area contributed by atoms with Crippen molar-refractivity contribution in [3.05, 3.63) is 60.7 Å². The van der Waals surface area contributed by atoms with E-state index in [0.29, 0.717) is 0 Å². The van der Waals surface area contributed by atoms with Crippen LogP contribution in [0, 0.1) is 0 Å². The Kier molecular flexibility index (Phi) is 4.20. The molecule has 0 bridgehead atoms. The van der Waals surface area contributed by atoms with Crippen LogP contribution in [0.1, 0.15) is 5.56 Å². The van der Waals surface area contributed by atoms with Crippen molar-refractivity contribution in [1.82, 2.24) is 24.5 Å². The van der Waals surface area contributed by atoms with Gasteiger partial charge in [0.2, 0.25) is 0 Å². The summed E-state index contributed by atoms with van der Waals surface area (Å²) in [6.07, 6.45) is 9.61. The fourth-order valence-electron chi connectivity index (χ4n) is 3.02. The fraction of sp³-hybridized carbons (Fsp3) is 0.278. The molecule has 3 aromatic rings. The lowest BCUT2D eigenvalue weighted by molar-refractivity contribution is 0.283. The Balaban J connectivity index is 1.35. The van der Waals surface area contributed by atoms with E-state index in [1.165, 1.54) is 5.56 Å². The minimum absolute atomic E-state index is 0.792. The molecule has 0 aliphatic carbocycles. The second-order valence-corrected chi connectivity index (χ2v) is 5.90. The van der Waals surface area contributed by atoms with Crippen LogP contribution >= 0.6 is 0 Å². The third-order valence-electron chi connectivity index (χ3n) is 4.34. The van der Waals surface area contributed by atoms with Crippen LogP contribution in [0.15, 0.2) is 55.1 Å². The van der Waals surface area contributed by atoms with Crippen LogP contribution in [-0.4, -0.2) is 57.2 Å². The molecule has 1 aliphatic heterocycles. The Morgan fingerprint density at radius 3 is 2.67 bits per heavy atom. The van der Waals surface area contributed by atoms with Crippen molar-refractivity contribution in [3.63, 3.8) is 0 Å².